The molecule has 3 heterocycles. The van der Waals surface area contributed by atoms with Crippen molar-refractivity contribution in [3.8, 4) is 11.5 Å². The molecule has 0 radical (unpaired) electrons. The highest BCUT2D eigenvalue weighted by Crippen LogP contribution is 2.30. The Morgan fingerprint density at radius 3 is 2.72 bits per heavy atom. The zero-order chi connectivity index (χ0) is 20.2. The van der Waals surface area contributed by atoms with Crippen LogP contribution in [0.4, 0.5) is 0 Å². The number of ether oxygens (including phenoxy) is 2. The van der Waals surface area contributed by atoms with Crippen LogP contribution in [0.3, 0.4) is 0 Å². The monoisotopic (exact) mass is 393 g/mol. The van der Waals surface area contributed by atoms with Crippen molar-refractivity contribution in [1.29, 1.82) is 0 Å². The number of methoxy groups -OCH3 is 1. The number of rotatable bonds is 6. The topological polar surface area (TPSA) is 67.5 Å². The lowest BCUT2D eigenvalue weighted by molar-refractivity contribution is -0.140. The zero-order valence-electron chi connectivity index (χ0n) is 16.9. The fourth-order valence-electron chi connectivity index (χ4n) is 3.96. The molecular formula is C23H27N3O3. The molecule has 0 aliphatic carbocycles. The third kappa shape index (κ3) is 4.21. The summed E-state index contributed by atoms with van der Waals surface area (Å²) in [6.45, 7) is 3.46. The van der Waals surface area contributed by atoms with Gasteiger partial charge in [0.25, 0.3) is 5.91 Å². The number of hydrogen-bond donors (Lipinski definition) is 1. The third-order valence-electron chi connectivity index (χ3n) is 5.62. The van der Waals surface area contributed by atoms with Crippen LogP contribution in [0, 0.1) is 0 Å². The first-order chi connectivity index (χ1) is 14.2. The van der Waals surface area contributed by atoms with Gasteiger partial charge in [0.05, 0.1) is 18.1 Å². The lowest BCUT2D eigenvalue weighted by Crippen LogP contribution is -2.45. The lowest BCUT2D eigenvalue weighted by atomic mass is 9.93. The van der Waals surface area contributed by atoms with Crippen LogP contribution in [0.2, 0.25) is 0 Å². The molecule has 4 rings (SSSR count). The van der Waals surface area contributed by atoms with Gasteiger partial charge in [-0.15, -0.1) is 0 Å². The second-order valence-corrected chi connectivity index (χ2v) is 7.45. The fourth-order valence-corrected chi connectivity index (χ4v) is 3.96. The van der Waals surface area contributed by atoms with E-state index < -0.39 is 6.10 Å². The van der Waals surface area contributed by atoms with Gasteiger partial charge in [0, 0.05) is 37.0 Å². The molecule has 6 heteroatoms. The van der Waals surface area contributed by atoms with Gasteiger partial charge in [-0.25, -0.2) is 0 Å². The summed E-state index contributed by atoms with van der Waals surface area (Å²) in [6, 6.07) is 13.5. The molecule has 1 atom stereocenters. The molecular weight excluding hydrogens is 366 g/mol. The predicted octanol–water partition coefficient (Wildman–Crippen LogP) is 4.14. The van der Waals surface area contributed by atoms with Crippen molar-refractivity contribution in [3.63, 3.8) is 0 Å². The largest absolute Gasteiger partial charge is 0.497 e. The summed E-state index contributed by atoms with van der Waals surface area (Å²) in [5, 5.41) is 0. The van der Waals surface area contributed by atoms with E-state index in [1.807, 2.05) is 54.4 Å². The van der Waals surface area contributed by atoms with Gasteiger partial charge in [-0.05, 0) is 49.6 Å². The standard InChI is InChI=1S/C23H27N3O3/c1-3-22(29-18-7-4-6-17(14-18)28-2)23(27)26-12-9-16(10-13-26)20-15-21-19(25-20)8-5-11-24-21/h4-8,11,14-16,22,25H,3,9-10,12-13H2,1-2H3. The number of nitrogens with one attached hydrogen (secondary N) is 1. The Labute approximate surface area is 170 Å². The maximum Gasteiger partial charge on any atom is 0.263 e. The molecule has 1 fully saturated rings. The Hall–Kier alpha value is -3.02. The van der Waals surface area contributed by atoms with E-state index in [9.17, 15) is 4.79 Å². The van der Waals surface area contributed by atoms with Gasteiger partial charge in [-0.2, -0.15) is 0 Å². The number of H-pyrrole nitrogens is 1. The molecule has 3 aromatic rings. The van der Waals surface area contributed by atoms with E-state index in [-0.39, 0.29) is 5.91 Å². The number of aromatic amines is 1. The summed E-state index contributed by atoms with van der Waals surface area (Å²) in [7, 11) is 1.62. The summed E-state index contributed by atoms with van der Waals surface area (Å²) in [6.07, 6.45) is 3.84. The van der Waals surface area contributed by atoms with Crippen molar-refractivity contribution in [2.75, 3.05) is 20.2 Å². The van der Waals surface area contributed by atoms with E-state index >= 15 is 0 Å². The van der Waals surface area contributed by atoms with Gasteiger partial charge in [-0.3, -0.25) is 9.78 Å². The quantitative estimate of drug-likeness (QED) is 0.684. The van der Waals surface area contributed by atoms with Crippen molar-refractivity contribution in [2.24, 2.45) is 0 Å². The van der Waals surface area contributed by atoms with E-state index in [0.29, 0.717) is 18.1 Å². The number of carbonyl (C=O) groups is 1. The van der Waals surface area contributed by atoms with Crippen LogP contribution in [0.1, 0.15) is 37.8 Å². The van der Waals surface area contributed by atoms with Crippen LogP contribution < -0.4 is 9.47 Å². The van der Waals surface area contributed by atoms with Crippen LogP contribution in [0.5, 0.6) is 11.5 Å². The lowest BCUT2D eigenvalue weighted by Gasteiger charge is -2.33. The Morgan fingerprint density at radius 2 is 2.00 bits per heavy atom. The first-order valence-electron chi connectivity index (χ1n) is 10.2. The number of nitrogens with zero attached hydrogens (tertiary/aromatic N) is 2. The smallest absolute Gasteiger partial charge is 0.263 e. The molecule has 1 amide bonds. The van der Waals surface area contributed by atoms with Crippen molar-refractivity contribution in [2.45, 2.75) is 38.2 Å². The summed E-state index contributed by atoms with van der Waals surface area (Å²) in [4.78, 5) is 22.8. The van der Waals surface area contributed by atoms with E-state index in [2.05, 4.69) is 16.0 Å². The predicted molar refractivity (Wildman–Crippen MR) is 112 cm³/mol. The third-order valence-corrected chi connectivity index (χ3v) is 5.62. The van der Waals surface area contributed by atoms with E-state index in [1.165, 1.54) is 5.69 Å². The van der Waals surface area contributed by atoms with Gasteiger partial charge in [0.15, 0.2) is 6.10 Å². The van der Waals surface area contributed by atoms with Crippen molar-refractivity contribution < 1.29 is 14.3 Å². The second-order valence-electron chi connectivity index (χ2n) is 7.45. The van der Waals surface area contributed by atoms with E-state index in [0.717, 1.165) is 42.7 Å². The summed E-state index contributed by atoms with van der Waals surface area (Å²) < 4.78 is 11.2. The van der Waals surface area contributed by atoms with Crippen molar-refractivity contribution >= 4 is 16.9 Å². The molecule has 1 unspecified atom stereocenters. The van der Waals surface area contributed by atoms with Crippen LogP contribution in [0.25, 0.3) is 11.0 Å². The number of pyridine rings is 1. The zero-order valence-corrected chi connectivity index (χ0v) is 16.9. The van der Waals surface area contributed by atoms with Gasteiger partial charge in [0.2, 0.25) is 0 Å². The summed E-state index contributed by atoms with van der Waals surface area (Å²) >= 11 is 0. The van der Waals surface area contributed by atoms with Crippen LogP contribution in [0.15, 0.2) is 48.7 Å². The molecule has 0 spiro atoms. The highest BCUT2D eigenvalue weighted by atomic mass is 16.5. The minimum atomic E-state index is -0.476. The Bertz CT molecular complexity index is 943. The van der Waals surface area contributed by atoms with Gasteiger partial charge < -0.3 is 19.4 Å². The Kier molecular flexibility index (Phi) is 5.69. The Balaban J connectivity index is 1.38. The molecule has 1 N–H and O–H groups in total. The van der Waals surface area contributed by atoms with Gasteiger partial charge in [-0.1, -0.05) is 13.0 Å². The average Bonchev–Trinajstić information content (AvgIpc) is 3.21. The number of likely N-dealkylation sites (tertiary alicyclic amines) is 1. The molecule has 1 saturated heterocycles. The SMILES string of the molecule is CCC(Oc1cccc(OC)c1)C(=O)N1CCC(c2cc3ncccc3[nH]2)CC1. The van der Waals surface area contributed by atoms with Crippen LogP contribution in [-0.4, -0.2) is 47.1 Å². The molecule has 6 nitrogen and oxygen atoms in total. The van der Waals surface area contributed by atoms with Crippen LogP contribution >= 0.6 is 0 Å². The summed E-state index contributed by atoms with van der Waals surface area (Å²) in [5.41, 5.74) is 3.28. The molecule has 1 aromatic carbocycles. The minimum Gasteiger partial charge on any atom is -0.497 e. The van der Waals surface area contributed by atoms with Gasteiger partial charge >= 0.3 is 0 Å². The Morgan fingerprint density at radius 1 is 1.21 bits per heavy atom. The first-order valence-corrected chi connectivity index (χ1v) is 10.2. The maximum absolute atomic E-state index is 13.0. The van der Waals surface area contributed by atoms with Crippen LogP contribution in [-0.2, 0) is 4.79 Å². The molecule has 1 aliphatic rings. The molecule has 152 valence electrons. The van der Waals surface area contributed by atoms with Crippen molar-refractivity contribution in [3.05, 3.63) is 54.4 Å². The van der Waals surface area contributed by atoms with E-state index in [1.54, 1.807) is 7.11 Å². The number of piperidine rings is 1. The molecule has 29 heavy (non-hydrogen) atoms. The van der Waals surface area contributed by atoms with E-state index in [4.69, 9.17) is 9.47 Å². The number of hydrogen-bond acceptors (Lipinski definition) is 4. The number of amides is 1. The average molecular weight is 393 g/mol. The fraction of sp³-hybridized carbons (Fsp3) is 0.391. The van der Waals surface area contributed by atoms with Crippen molar-refractivity contribution in [1.82, 2.24) is 14.9 Å². The number of aromatic nitrogens is 2. The highest BCUT2D eigenvalue weighted by Gasteiger charge is 2.29. The molecule has 0 bridgehead atoms. The minimum absolute atomic E-state index is 0.0621. The highest BCUT2D eigenvalue weighted by molar-refractivity contribution is 5.81. The molecule has 1 aliphatic heterocycles. The first kappa shape index (κ1) is 19.3. The second kappa shape index (κ2) is 8.55. The number of carbonyl (C=O) groups excluding carboxylic acids is 1. The normalized spacial score (nSPS) is 16.0. The number of fused-ring (bicyclic) bond motifs is 1. The summed E-state index contributed by atoms with van der Waals surface area (Å²) in [5.74, 6) is 1.86. The molecule has 2 aromatic heterocycles. The maximum atomic E-state index is 13.0. The number of benzene rings is 1. The molecule has 0 saturated carbocycles. The van der Waals surface area contributed by atoms with Gasteiger partial charge in [0.1, 0.15) is 11.5 Å².